The molecule has 2 aliphatic rings. The molecular formula is C21H26N9O11P. The van der Waals surface area contributed by atoms with Gasteiger partial charge in [0.05, 0.1) is 31.7 Å². The summed E-state index contributed by atoms with van der Waals surface area (Å²) in [5.74, 6) is -0.185. The Hall–Kier alpha value is -3.59. The number of nitrogen functional groups attached to an aromatic ring is 1. The molecular weight excluding hydrogens is 585 g/mol. The van der Waals surface area contributed by atoms with Crippen molar-refractivity contribution in [2.24, 2.45) is 0 Å². The van der Waals surface area contributed by atoms with Gasteiger partial charge in [0.1, 0.15) is 24.4 Å². The van der Waals surface area contributed by atoms with Crippen LogP contribution in [0.5, 0.6) is 0 Å². The van der Waals surface area contributed by atoms with E-state index in [1.807, 2.05) is 0 Å². The molecule has 6 heterocycles. The smallest absolute Gasteiger partial charge is 0.396 e. The number of nitrogens with one attached hydrogen (secondary N) is 2. The molecule has 6 rings (SSSR count). The van der Waals surface area contributed by atoms with Crippen molar-refractivity contribution < 1.29 is 43.3 Å². The topological polar surface area (TPSA) is 288 Å². The first-order chi connectivity index (χ1) is 20.1. The Kier molecular flexibility index (Phi) is 7.41. The SMILES string of the molecule is Nc1nc2c(ncn2[C@@H]2O[C@H](CCO)C[C@H]2OP(=O)(O)OC[C@H]2O[C@@H](n3cnc4c(=O)[nH]cnc43)[C@H](O)[C@@H]2O)c(=O)[nH]1. The number of rotatable bonds is 9. The number of aromatic amines is 2. The van der Waals surface area contributed by atoms with Crippen LogP contribution in [-0.4, -0.2) is 103 Å². The maximum atomic E-state index is 13.0. The third-order valence-electron chi connectivity index (χ3n) is 6.97. The van der Waals surface area contributed by atoms with Gasteiger partial charge >= 0.3 is 7.82 Å². The van der Waals surface area contributed by atoms with Gasteiger partial charge in [-0.05, 0) is 6.42 Å². The van der Waals surface area contributed by atoms with E-state index < -0.39 is 68.5 Å². The first kappa shape index (κ1) is 28.5. The number of phosphoric ester groups is 1. The van der Waals surface area contributed by atoms with Gasteiger partial charge in [-0.3, -0.25) is 32.8 Å². The minimum Gasteiger partial charge on any atom is -0.396 e. The molecule has 21 heteroatoms. The third kappa shape index (κ3) is 5.12. The van der Waals surface area contributed by atoms with Crippen LogP contribution in [0.1, 0.15) is 25.3 Å². The molecule has 1 unspecified atom stereocenters. The molecule has 0 spiro atoms. The van der Waals surface area contributed by atoms with Crippen LogP contribution in [0.4, 0.5) is 5.95 Å². The summed E-state index contributed by atoms with van der Waals surface area (Å²) in [4.78, 5) is 55.5. The predicted molar refractivity (Wildman–Crippen MR) is 138 cm³/mol. The summed E-state index contributed by atoms with van der Waals surface area (Å²) in [6.07, 6.45) is -4.62. The van der Waals surface area contributed by atoms with Gasteiger partial charge in [-0.15, -0.1) is 0 Å². The summed E-state index contributed by atoms with van der Waals surface area (Å²) < 4.78 is 37.8. The van der Waals surface area contributed by atoms with Gasteiger partial charge < -0.3 is 40.4 Å². The molecule has 8 atom stereocenters. The molecule has 42 heavy (non-hydrogen) atoms. The van der Waals surface area contributed by atoms with Crippen molar-refractivity contribution in [3.05, 3.63) is 39.7 Å². The van der Waals surface area contributed by atoms with Gasteiger partial charge in [0.25, 0.3) is 11.1 Å². The van der Waals surface area contributed by atoms with E-state index in [0.29, 0.717) is 0 Å². The summed E-state index contributed by atoms with van der Waals surface area (Å²) in [7, 11) is -4.87. The van der Waals surface area contributed by atoms with Crippen LogP contribution in [0.15, 0.2) is 28.6 Å². The summed E-state index contributed by atoms with van der Waals surface area (Å²) in [5.41, 5.74) is 4.61. The molecule has 0 bridgehead atoms. The maximum Gasteiger partial charge on any atom is 0.472 e. The van der Waals surface area contributed by atoms with E-state index in [4.69, 9.17) is 24.3 Å². The Morgan fingerprint density at radius 3 is 2.50 bits per heavy atom. The zero-order valence-corrected chi connectivity index (χ0v) is 22.4. The Bertz CT molecular complexity index is 1770. The summed E-state index contributed by atoms with van der Waals surface area (Å²) in [6.45, 7) is -0.910. The number of fused-ring (bicyclic) bond motifs is 2. The molecule has 4 aromatic rings. The van der Waals surface area contributed by atoms with E-state index in [0.717, 1.165) is 6.33 Å². The molecule has 4 aromatic heterocycles. The second-order valence-electron chi connectivity index (χ2n) is 9.68. The fourth-order valence-electron chi connectivity index (χ4n) is 5.03. The average Bonchev–Trinajstić information content (AvgIpc) is 3.70. The van der Waals surface area contributed by atoms with Crippen molar-refractivity contribution in [2.45, 2.75) is 55.8 Å². The Morgan fingerprint density at radius 2 is 1.76 bits per heavy atom. The molecule has 2 saturated heterocycles. The molecule has 8 N–H and O–H groups in total. The van der Waals surface area contributed by atoms with Crippen LogP contribution >= 0.6 is 7.82 Å². The van der Waals surface area contributed by atoms with Crippen molar-refractivity contribution in [3.63, 3.8) is 0 Å². The number of aliphatic hydroxyl groups excluding tert-OH is 3. The lowest BCUT2D eigenvalue weighted by Crippen LogP contribution is -2.33. The quantitative estimate of drug-likeness (QED) is 0.0973. The molecule has 20 nitrogen and oxygen atoms in total. The van der Waals surface area contributed by atoms with Crippen LogP contribution in [-0.2, 0) is 23.1 Å². The number of hydrogen-bond acceptors (Lipinski definition) is 15. The Morgan fingerprint density at radius 1 is 1.05 bits per heavy atom. The van der Waals surface area contributed by atoms with E-state index in [-0.39, 0.29) is 47.7 Å². The summed E-state index contributed by atoms with van der Waals surface area (Å²) in [5, 5.41) is 30.5. The second kappa shape index (κ2) is 10.9. The number of nitrogens with zero attached hydrogens (tertiary/aromatic N) is 6. The molecule has 226 valence electrons. The van der Waals surface area contributed by atoms with Gasteiger partial charge in [-0.25, -0.2) is 19.5 Å². The fourth-order valence-corrected chi connectivity index (χ4v) is 5.96. The number of aromatic nitrogens is 8. The lowest BCUT2D eigenvalue weighted by Gasteiger charge is -2.23. The highest BCUT2D eigenvalue weighted by atomic mass is 31.2. The van der Waals surface area contributed by atoms with Crippen LogP contribution in [0.25, 0.3) is 22.3 Å². The molecule has 2 fully saturated rings. The number of aliphatic hydroxyl groups is 3. The lowest BCUT2D eigenvalue weighted by molar-refractivity contribution is -0.0593. The highest BCUT2D eigenvalue weighted by Gasteiger charge is 2.47. The monoisotopic (exact) mass is 611 g/mol. The minimum atomic E-state index is -4.87. The maximum absolute atomic E-state index is 13.0. The van der Waals surface area contributed by atoms with Crippen molar-refractivity contribution >= 4 is 36.1 Å². The molecule has 0 aromatic carbocycles. The number of phosphoric acid groups is 1. The van der Waals surface area contributed by atoms with Crippen molar-refractivity contribution in [1.29, 1.82) is 0 Å². The third-order valence-corrected chi connectivity index (χ3v) is 7.98. The predicted octanol–water partition coefficient (Wildman–Crippen LogP) is -2.37. The molecule has 0 saturated carbocycles. The highest BCUT2D eigenvalue weighted by molar-refractivity contribution is 7.47. The molecule has 0 aliphatic carbocycles. The Labute approximate surface area is 233 Å². The van der Waals surface area contributed by atoms with Crippen molar-refractivity contribution in [2.75, 3.05) is 18.9 Å². The highest BCUT2D eigenvalue weighted by Crippen LogP contribution is 2.50. The number of nitrogens with two attached hydrogens (primary N) is 1. The number of ether oxygens (including phenoxy) is 2. The normalized spacial score (nSPS) is 29.5. The zero-order chi connectivity index (χ0) is 29.8. The van der Waals surface area contributed by atoms with Crippen molar-refractivity contribution in [3.8, 4) is 0 Å². The van der Waals surface area contributed by atoms with Gasteiger partial charge in [0, 0.05) is 13.0 Å². The lowest BCUT2D eigenvalue weighted by atomic mass is 10.1. The van der Waals surface area contributed by atoms with Gasteiger partial charge in [0.2, 0.25) is 5.95 Å². The molecule has 0 radical (unpaired) electrons. The zero-order valence-electron chi connectivity index (χ0n) is 21.5. The van der Waals surface area contributed by atoms with Crippen LogP contribution < -0.4 is 16.9 Å². The first-order valence-corrected chi connectivity index (χ1v) is 14.1. The number of hydrogen-bond donors (Lipinski definition) is 7. The van der Waals surface area contributed by atoms with Gasteiger partial charge in [0.15, 0.2) is 34.8 Å². The van der Waals surface area contributed by atoms with Gasteiger partial charge in [-0.1, -0.05) is 0 Å². The fraction of sp³-hybridized carbons (Fsp3) is 0.524. The van der Waals surface area contributed by atoms with E-state index in [9.17, 15) is 34.4 Å². The average molecular weight is 611 g/mol. The summed E-state index contributed by atoms with van der Waals surface area (Å²) in [6, 6.07) is 0. The Balaban J connectivity index is 1.17. The van der Waals surface area contributed by atoms with E-state index in [1.165, 1.54) is 21.8 Å². The largest absolute Gasteiger partial charge is 0.472 e. The summed E-state index contributed by atoms with van der Waals surface area (Å²) >= 11 is 0. The number of imidazole rings is 2. The van der Waals surface area contributed by atoms with Gasteiger partial charge in [-0.2, -0.15) is 4.98 Å². The van der Waals surface area contributed by atoms with Crippen LogP contribution in [0, 0.1) is 0 Å². The standard InChI is InChI=1S/C21H26N9O11P/c22-21-27-16-12(18(35)28-21)26-7-30(16)19-9(3-8(39-19)1-2-31)41-42(36,37)38-4-10-13(32)14(33)20(40-10)29-6-25-11-15(29)23-5-24-17(11)34/h5-10,13-14,19-20,31-33H,1-4H2,(H,36,37)(H,23,24,34)(H3,22,27,28,35)/t8-,9-,10-,13-,14-,19-,20-/m1/s1. The molecule has 0 amide bonds. The van der Waals surface area contributed by atoms with Crippen LogP contribution in [0.2, 0.25) is 0 Å². The number of H-pyrrole nitrogens is 2. The van der Waals surface area contributed by atoms with Crippen LogP contribution in [0.3, 0.4) is 0 Å². The number of anilines is 1. The minimum absolute atomic E-state index is 0.0169. The van der Waals surface area contributed by atoms with Crippen molar-refractivity contribution in [1.82, 2.24) is 39.0 Å². The van der Waals surface area contributed by atoms with E-state index in [1.54, 1.807) is 0 Å². The molecule has 2 aliphatic heterocycles. The second-order valence-corrected chi connectivity index (χ2v) is 11.1. The first-order valence-electron chi connectivity index (χ1n) is 12.6. The van der Waals surface area contributed by atoms with E-state index in [2.05, 4.69) is 29.9 Å². The van der Waals surface area contributed by atoms with E-state index >= 15 is 0 Å².